The average molecular weight is 254 g/mol. The summed E-state index contributed by atoms with van der Waals surface area (Å²) >= 11 is 0. The van der Waals surface area contributed by atoms with Gasteiger partial charge in [0.05, 0.1) is 0 Å². The zero-order chi connectivity index (χ0) is 13.7. The van der Waals surface area contributed by atoms with E-state index in [4.69, 9.17) is 5.73 Å². The molecule has 3 nitrogen and oxygen atoms in total. The van der Waals surface area contributed by atoms with Crippen LogP contribution < -0.4 is 5.73 Å². The van der Waals surface area contributed by atoms with Crippen LogP contribution in [0, 0.1) is 0 Å². The molecule has 0 aliphatic rings. The molecule has 2 N–H and O–H groups in total. The Morgan fingerprint density at radius 1 is 1.05 bits per heavy atom. The van der Waals surface area contributed by atoms with Crippen molar-refractivity contribution in [2.75, 3.05) is 12.3 Å². The summed E-state index contributed by atoms with van der Waals surface area (Å²) in [5, 5.41) is 0. The Bertz CT molecular complexity index is 534. The van der Waals surface area contributed by atoms with Crippen molar-refractivity contribution in [3.63, 3.8) is 0 Å². The van der Waals surface area contributed by atoms with E-state index in [1.54, 1.807) is 24.3 Å². The molecular formula is C16H18N2O. The van der Waals surface area contributed by atoms with Gasteiger partial charge in [0.1, 0.15) is 0 Å². The summed E-state index contributed by atoms with van der Waals surface area (Å²) in [5.41, 5.74) is 8.11. The summed E-state index contributed by atoms with van der Waals surface area (Å²) in [6.45, 7) is 3.29. The molecule has 3 heteroatoms. The van der Waals surface area contributed by atoms with Crippen molar-refractivity contribution in [1.82, 2.24) is 4.90 Å². The van der Waals surface area contributed by atoms with E-state index >= 15 is 0 Å². The van der Waals surface area contributed by atoms with Crippen LogP contribution in [0.4, 0.5) is 5.69 Å². The van der Waals surface area contributed by atoms with Gasteiger partial charge in [-0.05, 0) is 36.8 Å². The van der Waals surface area contributed by atoms with Gasteiger partial charge in [-0.2, -0.15) is 0 Å². The molecule has 1 amide bonds. The Morgan fingerprint density at radius 3 is 2.26 bits per heavy atom. The van der Waals surface area contributed by atoms with Gasteiger partial charge in [0.25, 0.3) is 5.91 Å². The molecule has 0 saturated carbocycles. The summed E-state index contributed by atoms with van der Waals surface area (Å²) in [6, 6.07) is 17.0. The van der Waals surface area contributed by atoms with Crippen molar-refractivity contribution < 1.29 is 4.79 Å². The first-order valence-electron chi connectivity index (χ1n) is 6.39. The summed E-state index contributed by atoms with van der Waals surface area (Å²) < 4.78 is 0. The second kappa shape index (κ2) is 6.05. The molecule has 0 spiro atoms. The fourth-order valence-electron chi connectivity index (χ4n) is 1.94. The number of anilines is 1. The molecule has 0 aliphatic carbocycles. The number of benzene rings is 2. The molecule has 0 heterocycles. The lowest BCUT2D eigenvalue weighted by atomic mass is 10.1. The Morgan fingerprint density at radius 2 is 1.68 bits per heavy atom. The van der Waals surface area contributed by atoms with Gasteiger partial charge in [-0.25, -0.2) is 0 Å². The van der Waals surface area contributed by atoms with Crippen LogP contribution in [0.2, 0.25) is 0 Å². The molecule has 0 aliphatic heterocycles. The van der Waals surface area contributed by atoms with Crippen LogP contribution in [0.25, 0.3) is 0 Å². The van der Waals surface area contributed by atoms with Gasteiger partial charge in [0, 0.05) is 24.3 Å². The number of carbonyl (C=O) groups excluding carboxylic acids is 1. The first kappa shape index (κ1) is 13.1. The highest BCUT2D eigenvalue weighted by Gasteiger charge is 2.14. The van der Waals surface area contributed by atoms with Crippen molar-refractivity contribution in [3.05, 3.63) is 65.7 Å². The van der Waals surface area contributed by atoms with Gasteiger partial charge in [-0.15, -0.1) is 0 Å². The molecule has 0 radical (unpaired) electrons. The van der Waals surface area contributed by atoms with Gasteiger partial charge in [0.15, 0.2) is 0 Å². The number of amides is 1. The minimum Gasteiger partial charge on any atom is -0.399 e. The Labute approximate surface area is 113 Å². The predicted octanol–water partition coefficient (Wildman–Crippen LogP) is 2.93. The van der Waals surface area contributed by atoms with Gasteiger partial charge >= 0.3 is 0 Å². The molecule has 0 unspecified atom stereocenters. The second-order valence-electron chi connectivity index (χ2n) is 4.43. The zero-order valence-electron chi connectivity index (χ0n) is 11.0. The van der Waals surface area contributed by atoms with Crippen LogP contribution in [0.5, 0.6) is 0 Å². The number of hydrogen-bond acceptors (Lipinski definition) is 2. The van der Waals surface area contributed by atoms with Crippen LogP contribution in [0.15, 0.2) is 54.6 Å². The van der Waals surface area contributed by atoms with Gasteiger partial charge in [0.2, 0.25) is 0 Å². The van der Waals surface area contributed by atoms with Crippen molar-refractivity contribution in [2.45, 2.75) is 13.5 Å². The number of hydrogen-bond donors (Lipinski definition) is 1. The molecule has 2 aromatic carbocycles. The molecule has 2 aromatic rings. The molecule has 0 fully saturated rings. The minimum atomic E-state index is 0.0337. The van der Waals surface area contributed by atoms with E-state index < -0.39 is 0 Å². The monoisotopic (exact) mass is 254 g/mol. The number of nitrogens with two attached hydrogens (primary N) is 1. The summed E-state index contributed by atoms with van der Waals surface area (Å²) in [4.78, 5) is 14.2. The van der Waals surface area contributed by atoms with Crippen molar-refractivity contribution in [2.24, 2.45) is 0 Å². The second-order valence-corrected chi connectivity index (χ2v) is 4.43. The highest BCUT2D eigenvalue weighted by atomic mass is 16.2. The first-order valence-corrected chi connectivity index (χ1v) is 6.39. The maximum atomic E-state index is 12.4. The molecule has 98 valence electrons. The Hall–Kier alpha value is -2.29. The average Bonchev–Trinajstić information content (AvgIpc) is 2.46. The van der Waals surface area contributed by atoms with E-state index in [1.807, 2.05) is 42.2 Å². The summed E-state index contributed by atoms with van der Waals surface area (Å²) in [7, 11) is 0. The molecule has 19 heavy (non-hydrogen) atoms. The van der Waals surface area contributed by atoms with E-state index in [9.17, 15) is 4.79 Å². The van der Waals surface area contributed by atoms with Crippen molar-refractivity contribution in [3.8, 4) is 0 Å². The largest absolute Gasteiger partial charge is 0.399 e. The SMILES string of the molecule is CCN(Cc1ccccc1)C(=O)c1ccc(N)cc1. The lowest BCUT2D eigenvalue weighted by Gasteiger charge is -2.21. The molecule has 2 rings (SSSR count). The lowest BCUT2D eigenvalue weighted by molar-refractivity contribution is 0.0752. The number of carbonyl (C=O) groups is 1. The number of nitrogens with zero attached hydrogens (tertiary/aromatic N) is 1. The van der Waals surface area contributed by atoms with Gasteiger partial charge in [-0.3, -0.25) is 4.79 Å². The van der Waals surface area contributed by atoms with Crippen LogP contribution in [-0.4, -0.2) is 17.4 Å². The number of nitrogen functional groups attached to an aromatic ring is 1. The third-order valence-corrected chi connectivity index (χ3v) is 3.04. The van der Waals surface area contributed by atoms with E-state index in [0.717, 1.165) is 5.56 Å². The van der Waals surface area contributed by atoms with Crippen LogP contribution in [0.3, 0.4) is 0 Å². The highest BCUT2D eigenvalue weighted by Crippen LogP contribution is 2.11. The lowest BCUT2D eigenvalue weighted by Crippen LogP contribution is -2.30. The van der Waals surface area contributed by atoms with Crippen LogP contribution >= 0.6 is 0 Å². The molecule has 0 bridgehead atoms. The first-order chi connectivity index (χ1) is 9.20. The van der Waals surface area contributed by atoms with Crippen LogP contribution in [-0.2, 0) is 6.54 Å². The van der Waals surface area contributed by atoms with Crippen LogP contribution in [0.1, 0.15) is 22.8 Å². The Kier molecular flexibility index (Phi) is 4.18. The van der Waals surface area contributed by atoms with Crippen molar-refractivity contribution in [1.29, 1.82) is 0 Å². The fourth-order valence-corrected chi connectivity index (χ4v) is 1.94. The normalized spacial score (nSPS) is 10.2. The standard InChI is InChI=1S/C16H18N2O/c1-2-18(12-13-6-4-3-5-7-13)16(19)14-8-10-15(17)11-9-14/h3-11H,2,12,17H2,1H3. The minimum absolute atomic E-state index is 0.0337. The molecule has 0 atom stereocenters. The topological polar surface area (TPSA) is 46.3 Å². The zero-order valence-corrected chi connectivity index (χ0v) is 11.0. The fraction of sp³-hybridized carbons (Fsp3) is 0.188. The Balaban J connectivity index is 2.13. The third kappa shape index (κ3) is 3.35. The van der Waals surface area contributed by atoms with E-state index in [2.05, 4.69) is 0 Å². The van der Waals surface area contributed by atoms with E-state index in [0.29, 0.717) is 24.3 Å². The molecule has 0 aromatic heterocycles. The van der Waals surface area contributed by atoms with Gasteiger partial charge in [-0.1, -0.05) is 30.3 Å². The third-order valence-electron chi connectivity index (χ3n) is 3.04. The summed E-state index contributed by atoms with van der Waals surface area (Å²) in [6.07, 6.45) is 0. The van der Waals surface area contributed by atoms with Gasteiger partial charge < -0.3 is 10.6 Å². The molecule has 0 saturated heterocycles. The van der Waals surface area contributed by atoms with Crippen molar-refractivity contribution >= 4 is 11.6 Å². The quantitative estimate of drug-likeness (QED) is 0.853. The number of rotatable bonds is 4. The predicted molar refractivity (Wildman–Crippen MR) is 77.7 cm³/mol. The van der Waals surface area contributed by atoms with E-state index in [-0.39, 0.29) is 5.91 Å². The summed E-state index contributed by atoms with van der Waals surface area (Å²) in [5.74, 6) is 0.0337. The maximum absolute atomic E-state index is 12.4. The molecular weight excluding hydrogens is 236 g/mol. The highest BCUT2D eigenvalue weighted by molar-refractivity contribution is 5.94. The maximum Gasteiger partial charge on any atom is 0.254 e. The van der Waals surface area contributed by atoms with E-state index in [1.165, 1.54) is 0 Å². The smallest absolute Gasteiger partial charge is 0.254 e.